The summed E-state index contributed by atoms with van der Waals surface area (Å²) in [6, 6.07) is 10.1. The van der Waals surface area contributed by atoms with Crippen molar-refractivity contribution >= 4 is 41.0 Å². The molecule has 0 unspecified atom stereocenters. The van der Waals surface area contributed by atoms with E-state index in [0.717, 1.165) is 23.1 Å². The maximum Gasteiger partial charge on any atom is 0.341 e. The molecule has 2 aromatic carbocycles. The molecule has 3 aromatic rings. The molecule has 190 valence electrons. The predicted molar refractivity (Wildman–Crippen MR) is 131 cm³/mol. The highest BCUT2D eigenvalue weighted by atomic mass is 32.2. The summed E-state index contributed by atoms with van der Waals surface area (Å²) in [5, 5.41) is 9.26. The topological polar surface area (TPSA) is 127 Å². The number of benzene rings is 2. The van der Waals surface area contributed by atoms with Gasteiger partial charge in [0.05, 0.1) is 11.4 Å². The van der Waals surface area contributed by atoms with Crippen LogP contribution in [0.4, 0.5) is 14.5 Å². The van der Waals surface area contributed by atoms with E-state index in [4.69, 9.17) is 5.11 Å². The molecule has 0 fully saturated rings. The van der Waals surface area contributed by atoms with Crippen molar-refractivity contribution in [3.63, 3.8) is 0 Å². The van der Waals surface area contributed by atoms with Crippen molar-refractivity contribution in [2.24, 2.45) is 0 Å². The van der Waals surface area contributed by atoms with E-state index < -0.39 is 40.6 Å². The number of nitrogens with zero attached hydrogens (tertiary/aromatic N) is 3. The molecule has 1 aromatic heterocycles. The van der Waals surface area contributed by atoms with Crippen LogP contribution in [0.5, 0.6) is 0 Å². The van der Waals surface area contributed by atoms with Crippen molar-refractivity contribution in [2.75, 3.05) is 11.2 Å². The van der Waals surface area contributed by atoms with Gasteiger partial charge >= 0.3 is 5.97 Å². The minimum Gasteiger partial charge on any atom is -0.478 e. The van der Waals surface area contributed by atoms with Crippen LogP contribution >= 0.6 is 11.8 Å². The van der Waals surface area contributed by atoms with Crippen molar-refractivity contribution in [3.05, 3.63) is 93.9 Å². The molecular formula is C25H19F2N3O6S. The van der Waals surface area contributed by atoms with Crippen LogP contribution in [0, 0.1) is 11.6 Å². The summed E-state index contributed by atoms with van der Waals surface area (Å²) in [6.07, 6.45) is 3.95. The molecule has 0 saturated heterocycles. The Morgan fingerprint density at radius 1 is 0.946 bits per heavy atom. The Kier molecular flexibility index (Phi) is 8.45. The minimum absolute atomic E-state index is 0.0159. The van der Waals surface area contributed by atoms with Crippen molar-refractivity contribution in [1.82, 2.24) is 9.55 Å². The number of aromatic nitrogens is 2. The number of rotatable bonds is 5. The molecule has 37 heavy (non-hydrogen) atoms. The van der Waals surface area contributed by atoms with Gasteiger partial charge in [-0.2, -0.15) is 0 Å². The van der Waals surface area contributed by atoms with Gasteiger partial charge < -0.3 is 5.11 Å². The molecule has 0 aliphatic carbocycles. The van der Waals surface area contributed by atoms with Crippen LogP contribution in [0.3, 0.4) is 0 Å². The van der Waals surface area contributed by atoms with Gasteiger partial charge in [-0.25, -0.2) is 23.5 Å². The number of halogens is 2. The maximum absolute atomic E-state index is 12.9. The van der Waals surface area contributed by atoms with Crippen molar-refractivity contribution < 1.29 is 33.1 Å². The molecule has 2 heterocycles. The molecule has 0 bridgehead atoms. The molecule has 1 aliphatic rings. The molecule has 4 rings (SSSR count). The molecule has 0 saturated carbocycles. The summed E-state index contributed by atoms with van der Waals surface area (Å²) >= 11 is 1.28. The summed E-state index contributed by atoms with van der Waals surface area (Å²) in [6.45, 7) is 1.31. The fourth-order valence-corrected chi connectivity index (χ4v) is 3.80. The zero-order valence-corrected chi connectivity index (χ0v) is 20.3. The first-order chi connectivity index (χ1) is 17.5. The van der Waals surface area contributed by atoms with Crippen LogP contribution in [0.25, 0.3) is 5.69 Å². The molecular weight excluding hydrogens is 508 g/mol. The number of ketones is 1. The van der Waals surface area contributed by atoms with Gasteiger partial charge in [-0.3, -0.25) is 23.7 Å². The van der Waals surface area contributed by atoms with Gasteiger partial charge in [0.25, 0.3) is 11.5 Å². The number of carboxylic acid groups (broad SMARTS) is 1. The van der Waals surface area contributed by atoms with Crippen molar-refractivity contribution in [2.45, 2.75) is 18.5 Å². The molecule has 0 atom stereocenters. The van der Waals surface area contributed by atoms with E-state index in [0.29, 0.717) is 10.8 Å². The molecule has 0 spiro atoms. The Morgan fingerprint density at radius 3 is 1.97 bits per heavy atom. The van der Waals surface area contributed by atoms with E-state index in [1.807, 2.05) is 0 Å². The SMILES string of the molecule is CSc1ncc(C(C)=O)c(=O)n1-c1ccc(F)cc1.O=C(O)C1=CCC(=O)N(c2ccc(F)cc2)C1=O. The van der Waals surface area contributed by atoms with E-state index >= 15 is 0 Å². The van der Waals surface area contributed by atoms with Crippen LogP contribution < -0.4 is 10.5 Å². The van der Waals surface area contributed by atoms with Gasteiger partial charge in [0, 0.05) is 12.6 Å². The lowest BCUT2D eigenvalue weighted by atomic mass is 10.1. The lowest BCUT2D eigenvalue weighted by Crippen LogP contribution is -2.42. The Labute approximate surface area is 213 Å². The monoisotopic (exact) mass is 527 g/mol. The Bertz CT molecular complexity index is 1470. The summed E-state index contributed by atoms with van der Waals surface area (Å²) < 4.78 is 27.0. The second-order valence-corrected chi connectivity index (χ2v) is 8.24. The summed E-state index contributed by atoms with van der Waals surface area (Å²) in [7, 11) is 0. The van der Waals surface area contributed by atoms with Gasteiger partial charge in [-0.15, -0.1) is 0 Å². The number of Topliss-reactive ketones (excluding diaryl/α,β-unsaturated/α-hetero) is 1. The fourth-order valence-electron chi connectivity index (χ4n) is 3.28. The highest BCUT2D eigenvalue weighted by Crippen LogP contribution is 2.22. The molecule has 1 N–H and O–H groups in total. The van der Waals surface area contributed by atoms with Gasteiger partial charge in [-0.1, -0.05) is 17.8 Å². The number of hydrogen-bond acceptors (Lipinski definition) is 7. The third-order valence-electron chi connectivity index (χ3n) is 5.05. The van der Waals surface area contributed by atoms with Gasteiger partial charge in [0.15, 0.2) is 10.9 Å². The van der Waals surface area contributed by atoms with Crippen LogP contribution in [0.1, 0.15) is 23.7 Å². The molecule has 12 heteroatoms. The number of amides is 2. The highest BCUT2D eigenvalue weighted by Gasteiger charge is 2.33. The zero-order valence-electron chi connectivity index (χ0n) is 19.5. The first-order valence-electron chi connectivity index (χ1n) is 10.5. The van der Waals surface area contributed by atoms with Crippen LogP contribution in [-0.4, -0.2) is 44.5 Å². The first-order valence-corrected chi connectivity index (χ1v) is 11.8. The summed E-state index contributed by atoms with van der Waals surface area (Å²) in [4.78, 5) is 62.8. The first kappa shape index (κ1) is 27.1. The summed E-state index contributed by atoms with van der Waals surface area (Å²) in [5.41, 5.74) is -0.260. The fraction of sp³-hybridized carbons (Fsp3) is 0.120. The van der Waals surface area contributed by atoms with Gasteiger partial charge in [0.2, 0.25) is 5.91 Å². The van der Waals surface area contributed by atoms with E-state index in [1.165, 1.54) is 65.8 Å². The normalized spacial score (nSPS) is 13.0. The van der Waals surface area contributed by atoms with Crippen LogP contribution in [-0.2, 0) is 14.4 Å². The average Bonchev–Trinajstić information content (AvgIpc) is 2.85. The standard InChI is InChI=1S/C13H11FN2O2S.C12H8FNO4/c1-8(17)11-7-15-13(19-2)16(12(11)18)10-5-3-9(14)4-6-10;13-7-1-3-8(4-2-7)14-10(15)6-5-9(11(14)16)12(17)18/h3-7H,1-2H3;1-5H,6H2,(H,17,18). The number of carbonyl (C=O) groups is 4. The number of thioether (sulfide) groups is 1. The van der Waals surface area contributed by atoms with E-state index in [1.54, 1.807) is 6.26 Å². The average molecular weight is 528 g/mol. The van der Waals surface area contributed by atoms with Crippen molar-refractivity contribution in [1.29, 1.82) is 0 Å². The van der Waals surface area contributed by atoms with E-state index in [9.17, 15) is 32.8 Å². The Morgan fingerprint density at radius 2 is 1.49 bits per heavy atom. The second kappa shape index (κ2) is 11.5. The van der Waals surface area contributed by atoms with E-state index in [-0.39, 0.29) is 23.5 Å². The summed E-state index contributed by atoms with van der Waals surface area (Å²) in [5.74, 6) is -4.09. The second-order valence-electron chi connectivity index (χ2n) is 7.47. The van der Waals surface area contributed by atoms with Gasteiger partial charge in [0.1, 0.15) is 22.8 Å². The lowest BCUT2D eigenvalue weighted by Gasteiger charge is -2.23. The largest absolute Gasteiger partial charge is 0.478 e. The van der Waals surface area contributed by atoms with Crippen molar-refractivity contribution in [3.8, 4) is 5.69 Å². The number of hydrogen-bond donors (Lipinski definition) is 1. The number of carboxylic acids is 1. The third kappa shape index (κ3) is 6.04. The predicted octanol–water partition coefficient (Wildman–Crippen LogP) is 3.40. The maximum atomic E-state index is 12.9. The number of anilines is 1. The van der Waals surface area contributed by atoms with E-state index in [2.05, 4.69) is 4.98 Å². The third-order valence-corrected chi connectivity index (χ3v) is 5.71. The van der Waals surface area contributed by atoms with Crippen LogP contribution in [0.2, 0.25) is 0 Å². The Hall–Kier alpha value is -4.45. The number of carbonyl (C=O) groups excluding carboxylic acids is 3. The van der Waals surface area contributed by atoms with Crippen LogP contribution in [0.15, 0.2) is 76.3 Å². The molecule has 1 aliphatic heterocycles. The number of aliphatic carboxylic acids is 1. The zero-order chi connectivity index (χ0) is 27.3. The van der Waals surface area contributed by atoms with Gasteiger partial charge in [-0.05, 0) is 61.7 Å². The quantitative estimate of drug-likeness (QED) is 0.176. The molecule has 9 nitrogen and oxygen atoms in total. The Balaban J connectivity index is 0.000000206. The minimum atomic E-state index is -1.39. The number of imide groups is 1. The smallest absolute Gasteiger partial charge is 0.341 e. The molecule has 2 amide bonds. The molecule has 0 radical (unpaired) electrons. The lowest BCUT2D eigenvalue weighted by molar-refractivity contribution is -0.135. The highest BCUT2D eigenvalue weighted by molar-refractivity contribution is 7.98.